The predicted molar refractivity (Wildman–Crippen MR) is 112 cm³/mol. The molecule has 3 aromatic rings. The average molecular weight is 389 g/mol. The van der Waals surface area contributed by atoms with Gasteiger partial charge in [-0.1, -0.05) is 0 Å². The summed E-state index contributed by atoms with van der Waals surface area (Å²) in [6.07, 6.45) is 8.08. The van der Waals surface area contributed by atoms with E-state index in [1.165, 1.54) is 0 Å². The van der Waals surface area contributed by atoms with E-state index in [9.17, 15) is 4.79 Å². The van der Waals surface area contributed by atoms with Crippen LogP contribution in [0, 0.1) is 0 Å². The number of nitrogens with zero attached hydrogens (tertiary/aromatic N) is 6. The van der Waals surface area contributed by atoms with Crippen molar-refractivity contribution in [2.24, 2.45) is 0 Å². The summed E-state index contributed by atoms with van der Waals surface area (Å²) in [5.41, 5.74) is 3.44. The van der Waals surface area contributed by atoms with Crippen molar-refractivity contribution in [3.05, 3.63) is 49.1 Å². The fourth-order valence-electron chi connectivity index (χ4n) is 4.01. The summed E-state index contributed by atoms with van der Waals surface area (Å²) in [6.45, 7) is 5.94. The first-order valence-corrected chi connectivity index (χ1v) is 9.91. The van der Waals surface area contributed by atoms with E-state index in [0.717, 1.165) is 36.5 Å². The van der Waals surface area contributed by atoms with E-state index in [2.05, 4.69) is 40.2 Å². The standard InChI is InChI=1S/C21H23N7O/c1-14(2)27-12-15(10-23-27)18-5-6-19-20(25-18)28(17-7-9-26(19)13-17)21(29)24-16-4-3-8-22-11-16/h3-6,8,10-12,14,17H,7,9,13H2,1-2H3,(H,24,29)/t17-/m0/s1. The summed E-state index contributed by atoms with van der Waals surface area (Å²) < 4.78 is 1.91. The van der Waals surface area contributed by atoms with Crippen LogP contribution in [0.3, 0.4) is 0 Å². The van der Waals surface area contributed by atoms with Crippen LogP contribution < -0.4 is 15.1 Å². The highest BCUT2D eigenvalue weighted by atomic mass is 16.2. The number of hydrogen-bond donors (Lipinski definition) is 1. The van der Waals surface area contributed by atoms with Gasteiger partial charge in [-0.3, -0.25) is 14.6 Å². The largest absolute Gasteiger partial charge is 0.366 e. The number of anilines is 3. The first-order chi connectivity index (χ1) is 14.1. The molecule has 0 aliphatic carbocycles. The number of carbonyl (C=O) groups is 1. The SMILES string of the molecule is CC(C)n1cc(-c2ccc3c(n2)N(C(=O)Nc2cccnc2)[C@H]2CCN3C2)cn1. The zero-order valence-corrected chi connectivity index (χ0v) is 16.5. The third kappa shape index (κ3) is 3.10. The average Bonchev–Trinajstić information content (AvgIpc) is 3.37. The number of carbonyl (C=O) groups excluding carboxylic acids is 1. The topological polar surface area (TPSA) is 79.2 Å². The number of nitrogens with one attached hydrogen (secondary N) is 1. The molecule has 1 N–H and O–H groups in total. The second kappa shape index (κ2) is 6.88. The van der Waals surface area contributed by atoms with Crippen LogP contribution in [0.4, 0.5) is 22.0 Å². The van der Waals surface area contributed by atoms with E-state index < -0.39 is 0 Å². The van der Waals surface area contributed by atoms with E-state index in [4.69, 9.17) is 4.98 Å². The zero-order chi connectivity index (χ0) is 20.0. The van der Waals surface area contributed by atoms with Gasteiger partial charge in [0, 0.05) is 37.1 Å². The van der Waals surface area contributed by atoms with E-state index in [1.54, 1.807) is 18.5 Å². The van der Waals surface area contributed by atoms with Crippen LogP contribution in [0.1, 0.15) is 26.3 Å². The molecule has 0 aromatic carbocycles. The number of urea groups is 1. The Kier molecular flexibility index (Phi) is 4.19. The predicted octanol–water partition coefficient (Wildman–Crippen LogP) is 3.55. The van der Waals surface area contributed by atoms with Gasteiger partial charge in [0.2, 0.25) is 0 Å². The van der Waals surface area contributed by atoms with E-state index >= 15 is 0 Å². The molecule has 1 saturated heterocycles. The Morgan fingerprint density at radius 1 is 1.24 bits per heavy atom. The van der Waals surface area contributed by atoms with Crippen LogP contribution in [0.25, 0.3) is 11.3 Å². The Hall–Kier alpha value is -3.42. The van der Waals surface area contributed by atoms with E-state index in [-0.39, 0.29) is 18.1 Å². The van der Waals surface area contributed by atoms with Crippen molar-refractivity contribution in [3.8, 4) is 11.3 Å². The highest BCUT2D eigenvalue weighted by Crippen LogP contribution is 2.40. The fourth-order valence-corrected chi connectivity index (χ4v) is 4.01. The number of hydrogen-bond acceptors (Lipinski definition) is 5. The molecule has 5 heterocycles. The van der Waals surface area contributed by atoms with Crippen molar-refractivity contribution in [3.63, 3.8) is 0 Å². The molecule has 2 aliphatic rings. The van der Waals surface area contributed by atoms with Crippen LogP contribution >= 0.6 is 0 Å². The minimum Gasteiger partial charge on any atom is -0.366 e. The van der Waals surface area contributed by atoms with Crippen LogP contribution in [0.2, 0.25) is 0 Å². The van der Waals surface area contributed by atoms with Crippen LogP contribution in [-0.2, 0) is 0 Å². The lowest BCUT2D eigenvalue weighted by Crippen LogP contribution is -2.48. The molecule has 29 heavy (non-hydrogen) atoms. The molecule has 2 amide bonds. The smallest absolute Gasteiger partial charge is 0.327 e. The summed E-state index contributed by atoms with van der Waals surface area (Å²) in [6, 6.07) is 7.94. The molecule has 3 aromatic heterocycles. The molecular formula is C21H23N7O. The molecule has 0 spiro atoms. The summed E-state index contributed by atoms with van der Waals surface area (Å²) in [5, 5.41) is 7.39. The van der Waals surface area contributed by atoms with Crippen molar-refractivity contribution in [2.75, 3.05) is 28.2 Å². The molecule has 148 valence electrons. The third-order valence-electron chi connectivity index (χ3n) is 5.51. The fraction of sp³-hybridized carbons (Fsp3) is 0.333. The monoisotopic (exact) mass is 389 g/mol. The lowest BCUT2D eigenvalue weighted by Gasteiger charge is -2.35. The second-order valence-electron chi connectivity index (χ2n) is 7.77. The molecule has 0 saturated carbocycles. The Balaban J connectivity index is 1.52. The third-order valence-corrected chi connectivity index (χ3v) is 5.51. The molecule has 0 radical (unpaired) electrons. The van der Waals surface area contributed by atoms with Gasteiger partial charge in [0.15, 0.2) is 5.82 Å². The van der Waals surface area contributed by atoms with E-state index in [1.807, 2.05) is 34.1 Å². The maximum atomic E-state index is 13.2. The molecule has 0 unspecified atom stereocenters. The minimum atomic E-state index is -0.173. The second-order valence-corrected chi connectivity index (χ2v) is 7.77. The molecule has 2 aliphatic heterocycles. The number of amides is 2. The normalized spacial score (nSPS) is 17.6. The van der Waals surface area contributed by atoms with Gasteiger partial charge < -0.3 is 10.2 Å². The van der Waals surface area contributed by atoms with Crippen molar-refractivity contribution in [1.29, 1.82) is 0 Å². The highest BCUT2D eigenvalue weighted by molar-refractivity contribution is 6.04. The molecule has 5 rings (SSSR count). The Labute approximate surface area is 169 Å². The molecule has 2 bridgehead atoms. The lowest BCUT2D eigenvalue weighted by molar-refractivity contribution is 0.255. The first-order valence-electron chi connectivity index (χ1n) is 9.91. The zero-order valence-electron chi connectivity index (χ0n) is 16.5. The maximum Gasteiger partial charge on any atom is 0.327 e. The van der Waals surface area contributed by atoms with Gasteiger partial charge in [-0.2, -0.15) is 5.10 Å². The molecule has 1 atom stereocenters. The van der Waals surface area contributed by atoms with Gasteiger partial charge >= 0.3 is 6.03 Å². The number of fused-ring (bicyclic) bond motifs is 4. The van der Waals surface area contributed by atoms with Crippen LogP contribution in [0.5, 0.6) is 0 Å². The molecular weight excluding hydrogens is 366 g/mol. The van der Waals surface area contributed by atoms with Gasteiger partial charge in [0.25, 0.3) is 0 Å². The van der Waals surface area contributed by atoms with Crippen molar-refractivity contribution < 1.29 is 4.79 Å². The first kappa shape index (κ1) is 17.7. The quantitative estimate of drug-likeness (QED) is 0.741. The number of rotatable bonds is 3. The van der Waals surface area contributed by atoms with Crippen molar-refractivity contribution >= 4 is 23.2 Å². The minimum absolute atomic E-state index is 0.111. The Morgan fingerprint density at radius 3 is 2.90 bits per heavy atom. The van der Waals surface area contributed by atoms with Crippen LogP contribution in [-0.4, -0.2) is 44.9 Å². The van der Waals surface area contributed by atoms with Crippen LogP contribution in [0.15, 0.2) is 49.1 Å². The van der Waals surface area contributed by atoms with Gasteiger partial charge in [-0.15, -0.1) is 0 Å². The maximum absolute atomic E-state index is 13.2. The summed E-state index contributed by atoms with van der Waals surface area (Å²) >= 11 is 0. The Morgan fingerprint density at radius 2 is 2.14 bits per heavy atom. The number of aromatic nitrogens is 4. The van der Waals surface area contributed by atoms with E-state index in [0.29, 0.717) is 11.5 Å². The highest BCUT2D eigenvalue weighted by Gasteiger charge is 2.40. The van der Waals surface area contributed by atoms with Gasteiger partial charge in [0.05, 0.1) is 35.5 Å². The summed E-state index contributed by atoms with van der Waals surface area (Å²) in [7, 11) is 0. The van der Waals surface area contributed by atoms with Gasteiger partial charge in [-0.05, 0) is 44.5 Å². The van der Waals surface area contributed by atoms with Gasteiger partial charge in [0.1, 0.15) is 0 Å². The van der Waals surface area contributed by atoms with Gasteiger partial charge in [-0.25, -0.2) is 9.78 Å². The Bertz CT molecular complexity index is 1050. The van der Waals surface area contributed by atoms with Crippen molar-refractivity contribution in [2.45, 2.75) is 32.4 Å². The lowest BCUT2D eigenvalue weighted by atomic mass is 10.1. The summed E-state index contributed by atoms with van der Waals surface area (Å²) in [5.74, 6) is 0.704. The number of pyridine rings is 2. The molecule has 8 nitrogen and oxygen atoms in total. The van der Waals surface area contributed by atoms with Crippen molar-refractivity contribution in [1.82, 2.24) is 19.7 Å². The molecule has 8 heteroatoms. The molecule has 1 fully saturated rings. The summed E-state index contributed by atoms with van der Waals surface area (Å²) in [4.78, 5) is 26.3.